The van der Waals surface area contributed by atoms with Crippen LogP contribution in [0.4, 0.5) is 0 Å². The van der Waals surface area contributed by atoms with Gasteiger partial charge < -0.3 is 31.8 Å². The van der Waals surface area contributed by atoms with Gasteiger partial charge in [0.15, 0.2) is 0 Å². The number of aliphatic hydroxyl groups excluding tert-OH is 1. The first-order valence-corrected chi connectivity index (χ1v) is 13.8. The Balaban J connectivity index is 1.45. The molecule has 3 amide bonds. The van der Waals surface area contributed by atoms with E-state index in [0.717, 1.165) is 29.5 Å². The standard InChI is InChI=1S/C30H40N6O4/c1-18(2)27(36(33)17-24(31)22-12-13-22)30(40)35-16-23(37)15-26(35)29(39)34-25(28(32)38)14-19-8-10-21(11-9-19)20-6-4-3-5-7-20/h3-11,17-18,22-23,25-27,37H,12-16,31,33H2,1-2H3,(H2,32,38)(H,34,39)/b24-17-. The van der Waals surface area contributed by atoms with Crippen LogP contribution in [0.2, 0.25) is 0 Å². The molecule has 2 aromatic carbocycles. The number of carbonyl (C=O) groups is 3. The highest BCUT2D eigenvalue weighted by Crippen LogP contribution is 2.34. The summed E-state index contributed by atoms with van der Waals surface area (Å²) < 4.78 is 0. The van der Waals surface area contributed by atoms with Gasteiger partial charge in [-0.15, -0.1) is 0 Å². The SMILES string of the molecule is CC(C)C(C(=O)N1CC(O)CC1C(=O)NC(Cc1ccc(-c2ccccc2)cc1)C(N)=O)N(N)/C=C(\N)C1CC1. The molecule has 0 bridgehead atoms. The average molecular weight is 549 g/mol. The smallest absolute Gasteiger partial charge is 0.247 e. The third-order valence-corrected chi connectivity index (χ3v) is 7.58. The van der Waals surface area contributed by atoms with Crippen molar-refractivity contribution in [2.24, 2.45) is 29.1 Å². The van der Waals surface area contributed by atoms with Gasteiger partial charge in [0.25, 0.3) is 0 Å². The molecule has 1 aliphatic heterocycles. The van der Waals surface area contributed by atoms with Gasteiger partial charge in [-0.3, -0.25) is 14.4 Å². The number of nitrogens with one attached hydrogen (secondary N) is 1. The van der Waals surface area contributed by atoms with Gasteiger partial charge in [0.1, 0.15) is 18.1 Å². The number of nitrogens with two attached hydrogens (primary N) is 3. The highest BCUT2D eigenvalue weighted by Gasteiger charge is 2.43. The number of aliphatic hydroxyl groups is 1. The molecule has 0 aromatic heterocycles. The van der Waals surface area contributed by atoms with Crippen LogP contribution in [0.25, 0.3) is 11.1 Å². The molecule has 2 aliphatic rings. The number of amides is 3. The van der Waals surface area contributed by atoms with E-state index in [1.165, 1.54) is 9.91 Å². The molecule has 10 heteroatoms. The summed E-state index contributed by atoms with van der Waals surface area (Å²) in [6, 6.07) is 14.8. The molecule has 2 fully saturated rings. The summed E-state index contributed by atoms with van der Waals surface area (Å²) in [6.07, 6.45) is 2.93. The van der Waals surface area contributed by atoms with E-state index in [2.05, 4.69) is 5.32 Å². The number of nitrogens with zero attached hydrogens (tertiary/aromatic N) is 2. The molecule has 1 saturated carbocycles. The van der Waals surface area contributed by atoms with Gasteiger partial charge in [0, 0.05) is 37.2 Å². The van der Waals surface area contributed by atoms with E-state index in [4.69, 9.17) is 17.3 Å². The second-order valence-corrected chi connectivity index (χ2v) is 11.2. The first-order valence-electron chi connectivity index (χ1n) is 13.8. The Hall–Kier alpha value is -3.89. The molecule has 40 heavy (non-hydrogen) atoms. The Morgan fingerprint density at radius 1 is 1.05 bits per heavy atom. The van der Waals surface area contributed by atoms with E-state index in [-0.39, 0.29) is 37.1 Å². The number of likely N-dealkylation sites (tertiary alicyclic amines) is 1. The third-order valence-electron chi connectivity index (χ3n) is 7.58. The number of β-amino-alcohol motifs (C(OH)–C–C–N with tert-alkyl or cyclic N) is 1. The summed E-state index contributed by atoms with van der Waals surface area (Å²) in [6.45, 7) is 3.70. The zero-order valence-corrected chi connectivity index (χ0v) is 23.1. The van der Waals surface area contributed by atoms with Gasteiger partial charge in [-0.2, -0.15) is 0 Å². The van der Waals surface area contributed by atoms with Crippen LogP contribution in [-0.4, -0.2) is 63.5 Å². The van der Waals surface area contributed by atoms with E-state index in [9.17, 15) is 19.5 Å². The molecular weight excluding hydrogens is 508 g/mol. The summed E-state index contributed by atoms with van der Waals surface area (Å²) in [4.78, 5) is 40.7. The molecule has 4 unspecified atom stereocenters. The lowest BCUT2D eigenvalue weighted by atomic mass is 10.00. The summed E-state index contributed by atoms with van der Waals surface area (Å²) in [5.41, 5.74) is 15.3. The van der Waals surface area contributed by atoms with Crippen molar-refractivity contribution in [2.75, 3.05) is 6.54 Å². The minimum absolute atomic E-state index is 0.0159. The molecule has 1 aliphatic carbocycles. The van der Waals surface area contributed by atoms with Crippen molar-refractivity contribution in [3.63, 3.8) is 0 Å². The molecule has 1 heterocycles. The second kappa shape index (κ2) is 12.5. The normalized spacial score (nSPS) is 20.7. The van der Waals surface area contributed by atoms with Crippen LogP contribution < -0.4 is 22.6 Å². The molecular formula is C30H40N6O4. The molecule has 10 nitrogen and oxygen atoms in total. The van der Waals surface area contributed by atoms with Gasteiger partial charge >= 0.3 is 0 Å². The zero-order chi connectivity index (χ0) is 29.0. The van der Waals surface area contributed by atoms with Crippen molar-refractivity contribution in [1.82, 2.24) is 15.2 Å². The molecule has 1 saturated heterocycles. The largest absolute Gasteiger partial charge is 0.401 e. The van der Waals surface area contributed by atoms with Crippen molar-refractivity contribution < 1.29 is 19.5 Å². The maximum atomic E-state index is 13.7. The van der Waals surface area contributed by atoms with Crippen LogP contribution in [0.1, 0.15) is 38.7 Å². The average Bonchev–Trinajstić information content (AvgIpc) is 3.70. The summed E-state index contributed by atoms with van der Waals surface area (Å²) in [5, 5.41) is 14.4. The highest BCUT2D eigenvalue weighted by atomic mass is 16.3. The summed E-state index contributed by atoms with van der Waals surface area (Å²) >= 11 is 0. The van der Waals surface area contributed by atoms with Crippen LogP contribution in [0.3, 0.4) is 0 Å². The number of carbonyl (C=O) groups excluding carboxylic acids is 3. The van der Waals surface area contributed by atoms with Gasteiger partial charge in [0.05, 0.1) is 6.10 Å². The third kappa shape index (κ3) is 7.00. The predicted molar refractivity (Wildman–Crippen MR) is 152 cm³/mol. The van der Waals surface area contributed by atoms with Crippen molar-refractivity contribution in [1.29, 1.82) is 0 Å². The van der Waals surface area contributed by atoms with Crippen molar-refractivity contribution >= 4 is 17.7 Å². The molecule has 4 rings (SSSR count). The fourth-order valence-electron chi connectivity index (χ4n) is 5.20. The number of rotatable bonds is 11. The van der Waals surface area contributed by atoms with Gasteiger partial charge in [-0.05, 0) is 35.4 Å². The molecule has 8 N–H and O–H groups in total. The Morgan fingerprint density at radius 2 is 1.68 bits per heavy atom. The lowest BCUT2D eigenvalue weighted by molar-refractivity contribution is -0.143. The fourth-order valence-corrected chi connectivity index (χ4v) is 5.20. The van der Waals surface area contributed by atoms with E-state index in [1.807, 2.05) is 68.4 Å². The quantitative estimate of drug-likeness (QED) is 0.208. The van der Waals surface area contributed by atoms with E-state index >= 15 is 0 Å². The first kappa shape index (κ1) is 29.1. The first-order chi connectivity index (χ1) is 19.0. The van der Waals surface area contributed by atoms with E-state index < -0.39 is 36.0 Å². The molecule has 4 atom stereocenters. The van der Waals surface area contributed by atoms with Crippen LogP contribution in [0, 0.1) is 11.8 Å². The van der Waals surface area contributed by atoms with Crippen molar-refractivity contribution in [3.8, 4) is 11.1 Å². The molecule has 0 radical (unpaired) electrons. The van der Waals surface area contributed by atoms with E-state index in [0.29, 0.717) is 5.70 Å². The lowest BCUT2D eigenvalue weighted by Gasteiger charge is -2.34. The molecule has 2 aromatic rings. The Labute approximate surface area is 235 Å². The number of hydrazine groups is 1. The van der Waals surface area contributed by atoms with Gasteiger partial charge in [-0.1, -0.05) is 68.4 Å². The van der Waals surface area contributed by atoms with E-state index in [1.54, 1.807) is 6.20 Å². The topological polar surface area (TPSA) is 168 Å². The van der Waals surface area contributed by atoms with Crippen LogP contribution >= 0.6 is 0 Å². The number of benzene rings is 2. The number of allylic oxidation sites excluding steroid dienone is 1. The monoisotopic (exact) mass is 548 g/mol. The zero-order valence-electron chi connectivity index (χ0n) is 23.1. The van der Waals surface area contributed by atoms with Gasteiger partial charge in [-0.25, -0.2) is 5.84 Å². The van der Waals surface area contributed by atoms with Crippen molar-refractivity contribution in [2.45, 2.75) is 63.8 Å². The Morgan fingerprint density at radius 3 is 2.25 bits per heavy atom. The maximum Gasteiger partial charge on any atom is 0.247 e. The minimum Gasteiger partial charge on any atom is -0.401 e. The number of hydrogen-bond acceptors (Lipinski definition) is 7. The highest BCUT2D eigenvalue weighted by molar-refractivity contribution is 5.93. The molecule has 214 valence electrons. The van der Waals surface area contributed by atoms with Crippen LogP contribution in [0.5, 0.6) is 0 Å². The molecule has 0 spiro atoms. The summed E-state index contributed by atoms with van der Waals surface area (Å²) in [5.74, 6) is 4.73. The lowest BCUT2D eigenvalue weighted by Crippen LogP contribution is -2.57. The second-order valence-electron chi connectivity index (χ2n) is 11.2. The van der Waals surface area contributed by atoms with Gasteiger partial charge in [0.2, 0.25) is 17.7 Å². The van der Waals surface area contributed by atoms with Crippen LogP contribution in [-0.2, 0) is 20.8 Å². The Kier molecular flexibility index (Phi) is 9.11. The van der Waals surface area contributed by atoms with Crippen molar-refractivity contribution in [3.05, 3.63) is 72.1 Å². The number of primary amides is 1. The Bertz CT molecular complexity index is 1230. The summed E-state index contributed by atoms with van der Waals surface area (Å²) in [7, 11) is 0. The fraction of sp³-hybridized carbons (Fsp3) is 0.433. The predicted octanol–water partition coefficient (Wildman–Crippen LogP) is 1.24. The maximum absolute atomic E-state index is 13.7. The number of hydrogen-bond donors (Lipinski definition) is 5. The van der Waals surface area contributed by atoms with Crippen LogP contribution in [0.15, 0.2) is 66.5 Å². The minimum atomic E-state index is -0.988.